The van der Waals surface area contributed by atoms with E-state index in [-0.39, 0.29) is 35.7 Å². The van der Waals surface area contributed by atoms with Crippen LogP contribution < -0.4 is 4.74 Å². The number of alkyl halides is 2. The normalized spacial score (nSPS) is 10.9. The molecular weight excluding hydrogens is 285 g/mol. The van der Waals surface area contributed by atoms with Crippen LogP contribution in [0.4, 0.5) is 13.2 Å². The second kappa shape index (κ2) is 6.49. The molecule has 112 valence electrons. The number of rotatable bonds is 5. The Morgan fingerprint density at radius 3 is 2.24 bits per heavy atom. The van der Waals surface area contributed by atoms with E-state index in [1.54, 1.807) is 0 Å². The van der Waals surface area contributed by atoms with Gasteiger partial charge in [0.1, 0.15) is 17.3 Å². The molecule has 0 amide bonds. The molecule has 2 N–H and O–H groups in total. The van der Waals surface area contributed by atoms with Crippen LogP contribution in [-0.2, 0) is 13.0 Å². The van der Waals surface area contributed by atoms with E-state index in [4.69, 9.17) is 5.11 Å². The Labute approximate surface area is 119 Å². The molecule has 0 atom stereocenters. The maximum absolute atomic E-state index is 13.8. The van der Waals surface area contributed by atoms with Crippen LogP contribution in [0.1, 0.15) is 16.7 Å². The minimum Gasteiger partial charge on any atom is -0.508 e. The lowest BCUT2D eigenvalue weighted by Crippen LogP contribution is -2.02. The van der Waals surface area contributed by atoms with Gasteiger partial charge in [0.05, 0.1) is 6.61 Å². The van der Waals surface area contributed by atoms with Crippen LogP contribution in [0, 0.1) is 5.82 Å². The second-order valence-electron chi connectivity index (χ2n) is 4.43. The van der Waals surface area contributed by atoms with Gasteiger partial charge in [0.2, 0.25) is 0 Å². The van der Waals surface area contributed by atoms with Crippen LogP contribution in [0.15, 0.2) is 36.4 Å². The van der Waals surface area contributed by atoms with Gasteiger partial charge in [0, 0.05) is 12.0 Å². The molecule has 0 fully saturated rings. The Balaban J connectivity index is 2.18. The van der Waals surface area contributed by atoms with E-state index in [0.717, 1.165) is 6.07 Å². The molecule has 0 spiro atoms. The van der Waals surface area contributed by atoms with Crippen molar-refractivity contribution in [1.29, 1.82) is 0 Å². The van der Waals surface area contributed by atoms with Crippen molar-refractivity contribution < 1.29 is 28.1 Å². The van der Waals surface area contributed by atoms with Gasteiger partial charge >= 0.3 is 6.61 Å². The first kappa shape index (κ1) is 15.2. The van der Waals surface area contributed by atoms with E-state index in [0.29, 0.717) is 5.56 Å². The monoisotopic (exact) mass is 298 g/mol. The minimum atomic E-state index is -2.90. The fraction of sp³-hybridized carbons (Fsp3) is 0.200. The predicted octanol–water partition coefficient (Wildman–Crippen LogP) is 3.22. The number of phenolic OH excluding ortho intramolecular Hbond substituents is 1. The first-order valence-electron chi connectivity index (χ1n) is 6.14. The number of ether oxygens (including phenoxy) is 1. The van der Waals surface area contributed by atoms with E-state index >= 15 is 0 Å². The summed E-state index contributed by atoms with van der Waals surface area (Å²) in [6, 6.07) is 8.14. The molecule has 2 rings (SSSR count). The van der Waals surface area contributed by atoms with Gasteiger partial charge in [-0.2, -0.15) is 8.78 Å². The summed E-state index contributed by atoms with van der Waals surface area (Å²) in [5.74, 6) is -0.881. The lowest BCUT2D eigenvalue weighted by atomic mass is 10.0. The number of aromatic hydroxyl groups is 1. The molecule has 0 heterocycles. The third kappa shape index (κ3) is 3.88. The summed E-state index contributed by atoms with van der Waals surface area (Å²) in [6.07, 6.45) is 0.0956. The van der Waals surface area contributed by atoms with Gasteiger partial charge in [-0.15, -0.1) is 0 Å². The summed E-state index contributed by atoms with van der Waals surface area (Å²) in [5.41, 5.74) is 0.978. The van der Waals surface area contributed by atoms with Crippen molar-refractivity contribution >= 4 is 0 Å². The average molecular weight is 298 g/mol. The Kier molecular flexibility index (Phi) is 4.70. The van der Waals surface area contributed by atoms with E-state index < -0.39 is 12.4 Å². The highest BCUT2D eigenvalue weighted by Crippen LogP contribution is 2.26. The van der Waals surface area contributed by atoms with Crippen LogP contribution >= 0.6 is 0 Å². The Morgan fingerprint density at radius 2 is 1.71 bits per heavy atom. The third-order valence-corrected chi connectivity index (χ3v) is 2.94. The number of phenols is 1. The van der Waals surface area contributed by atoms with Crippen molar-refractivity contribution in [2.75, 3.05) is 0 Å². The predicted molar refractivity (Wildman–Crippen MR) is 69.9 cm³/mol. The van der Waals surface area contributed by atoms with E-state index in [1.165, 1.54) is 30.3 Å². The lowest BCUT2D eigenvalue weighted by molar-refractivity contribution is -0.0498. The molecule has 0 saturated carbocycles. The van der Waals surface area contributed by atoms with Crippen molar-refractivity contribution in [2.45, 2.75) is 19.6 Å². The van der Waals surface area contributed by atoms with Crippen LogP contribution in [-0.4, -0.2) is 16.8 Å². The molecule has 6 heteroatoms. The van der Waals surface area contributed by atoms with Gasteiger partial charge in [-0.25, -0.2) is 4.39 Å². The Bertz CT molecular complexity index is 589. The van der Waals surface area contributed by atoms with E-state index in [9.17, 15) is 18.3 Å². The highest BCUT2D eigenvalue weighted by atomic mass is 19.3. The molecule has 3 nitrogen and oxygen atoms in total. The largest absolute Gasteiger partial charge is 0.508 e. The highest BCUT2D eigenvalue weighted by molar-refractivity contribution is 5.41. The topological polar surface area (TPSA) is 49.7 Å². The first-order chi connectivity index (χ1) is 9.99. The zero-order valence-electron chi connectivity index (χ0n) is 10.9. The molecule has 0 aromatic heterocycles. The Hall–Kier alpha value is -2.21. The number of aliphatic hydroxyl groups is 1. The van der Waals surface area contributed by atoms with Crippen molar-refractivity contribution in [2.24, 2.45) is 0 Å². The molecule has 0 bridgehead atoms. The van der Waals surface area contributed by atoms with Crippen molar-refractivity contribution in [3.05, 3.63) is 58.9 Å². The van der Waals surface area contributed by atoms with E-state index in [1.807, 2.05) is 0 Å². The van der Waals surface area contributed by atoms with E-state index in [2.05, 4.69) is 4.74 Å². The van der Waals surface area contributed by atoms with Gasteiger partial charge in [-0.05, 0) is 35.4 Å². The average Bonchev–Trinajstić information content (AvgIpc) is 2.43. The van der Waals surface area contributed by atoms with Crippen molar-refractivity contribution in [3.63, 3.8) is 0 Å². The van der Waals surface area contributed by atoms with Crippen LogP contribution in [0.25, 0.3) is 0 Å². The quantitative estimate of drug-likeness (QED) is 0.891. The minimum absolute atomic E-state index is 0.00840. The number of hydrogen-bond acceptors (Lipinski definition) is 3. The van der Waals surface area contributed by atoms with Gasteiger partial charge < -0.3 is 14.9 Å². The molecule has 0 radical (unpaired) electrons. The standard InChI is InChI=1S/C15H13F3O3/c16-13-6-10(8-19)7-14(20)12(13)5-9-1-3-11(4-2-9)21-15(17)18/h1-4,6-7,15,19-20H,5,8H2. The summed E-state index contributed by atoms with van der Waals surface area (Å²) < 4.78 is 42.1. The second-order valence-corrected chi connectivity index (χ2v) is 4.43. The Morgan fingerprint density at radius 1 is 1.05 bits per heavy atom. The molecule has 0 unspecified atom stereocenters. The van der Waals surface area contributed by atoms with Crippen LogP contribution in [0.5, 0.6) is 11.5 Å². The maximum atomic E-state index is 13.8. The van der Waals surface area contributed by atoms with Crippen molar-refractivity contribution in [3.8, 4) is 11.5 Å². The summed E-state index contributed by atoms with van der Waals surface area (Å²) in [6.45, 7) is -3.27. The maximum Gasteiger partial charge on any atom is 0.387 e. The third-order valence-electron chi connectivity index (χ3n) is 2.94. The molecule has 0 saturated heterocycles. The number of benzene rings is 2. The molecule has 2 aromatic carbocycles. The van der Waals surface area contributed by atoms with Crippen molar-refractivity contribution in [1.82, 2.24) is 0 Å². The molecule has 0 aliphatic heterocycles. The molecular formula is C15H13F3O3. The van der Waals surface area contributed by atoms with Gasteiger partial charge in [-0.1, -0.05) is 12.1 Å². The first-order valence-corrected chi connectivity index (χ1v) is 6.14. The zero-order chi connectivity index (χ0) is 15.4. The SMILES string of the molecule is OCc1cc(O)c(Cc2ccc(OC(F)F)cc2)c(F)c1. The number of aliphatic hydroxyl groups excluding tert-OH is 1. The van der Waals surface area contributed by atoms with Gasteiger partial charge in [-0.3, -0.25) is 0 Å². The lowest BCUT2D eigenvalue weighted by Gasteiger charge is -2.09. The van der Waals surface area contributed by atoms with Crippen LogP contribution in [0.3, 0.4) is 0 Å². The fourth-order valence-corrected chi connectivity index (χ4v) is 1.94. The summed E-state index contributed by atoms with van der Waals surface area (Å²) in [7, 11) is 0. The number of hydrogen-bond donors (Lipinski definition) is 2. The molecule has 21 heavy (non-hydrogen) atoms. The summed E-state index contributed by atoms with van der Waals surface area (Å²) >= 11 is 0. The highest BCUT2D eigenvalue weighted by Gasteiger charge is 2.11. The molecule has 0 aliphatic rings. The molecule has 0 aliphatic carbocycles. The van der Waals surface area contributed by atoms with Gasteiger partial charge in [0.25, 0.3) is 0 Å². The zero-order valence-corrected chi connectivity index (χ0v) is 10.9. The summed E-state index contributed by atoms with van der Waals surface area (Å²) in [4.78, 5) is 0. The van der Waals surface area contributed by atoms with Gasteiger partial charge in [0.15, 0.2) is 0 Å². The smallest absolute Gasteiger partial charge is 0.387 e. The van der Waals surface area contributed by atoms with Crippen LogP contribution in [0.2, 0.25) is 0 Å². The molecule has 2 aromatic rings. The summed E-state index contributed by atoms with van der Waals surface area (Å²) in [5, 5.41) is 18.7. The fourth-order valence-electron chi connectivity index (χ4n) is 1.94. The number of halogens is 3.